The van der Waals surface area contributed by atoms with E-state index in [9.17, 15) is 20.0 Å². The molecule has 2 N–H and O–H groups in total. The number of nitro benzene ring substituents is 1. The fourth-order valence-electron chi connectivity index (χ4n) is 3.22. The molecule has 7 heteroatoms. The summed E-state index contributed by atoms with van der Waals surface area (Å²) in [5.41, 5.74) is 3.51. The average molecular weight is 399 g/mol. The molecule has 0 bridgehead atoms. The first-order valence-corrected chi connectivity index (χ1v) is 9.18. The van der Waals surface area contributed by atoms with E-state index in [0.717, 1.165) is 5.56 Å². The van der Waals surface area contributed by atoms with Crippen molar-refractivity contribution >= 4 is 34.4 Å². The van der Waals surface area contributed by atoms with Gasteiger partial charge in [-0.25, -0.2) is 4.99 Å². The molecule has 0 saturated heterocycles. The number of hydrogen-bond acceptors (Lipinski definition) is 5. The second kappa shape index (κ2) is 7.63. The van der Waals surface area contributed by atoms with Crippen LogP contribution < -0.4 is 5.32 Å². The quantitative estimate of drug-likeness (QED) is 0.478. The summed E-state index contributed by atoms with van der Waals surface area (Å²) in [5.74, 6) is -0.649. The van der Waals surface area contributed by atoms with Gasteiger partial charge in [-0.3, -0.25) is 14.9 Å². The Labute approximate surface area is 172 Å². The Bertz CT molecular complexity index is 1210. The maximum atomic E-state index is 13.0. The van der Waals surface area contributed by atoms with E-state index in [-0.39, 0.29) is 17.0 Å². The standard InChI is InChI=1S/C23H17N3O4/c1-14-6-8-16(9-7-14)25-23(28)20-21(18-4-2-3-5-19(18)22(20)27)24-15-10-12-17(13-11-15)26(29)30/h2-13,27H,1H3,(H,25,28). The van der Waals surface area contributed by atoms with Crippen molar-refractivity contribution in [3.8, 4) is 0 Å². The number of nitro groups is 1. The van der Waals surface area contributed by atoms with E-state index < -0.39 is 10.8 Å². The number of nitrogens with zero attached hydrogens (tertiary/aromatic N) is 2. The molecular weight excluding hydrogens is 382 g/mol. The second-order valence-electron chi connectivity index (χ2n) is 6.82. The summed E-state index contributed by atoms with van der Waals surface area (Å²) < 4.78 is 0. The van der Waals surface area contributed by atoms with Crippen molar-refractivity contribution in [2.24, 2.45) is 4.99 Å². The molecule has 0 unspecified atom stereocenters. The number of carbonyl (C=O) groups excluding carboxylic acids is 1. The zero-order valence-electron chi connectivity index (χ0n) is 16.0. The van der Waals surface area contributed by atoms with Crippen molar-refractivity contribution in [1.29, 1.82) is 0 Å². The molecular formula is C23H17N3O4. The molecule has 1 amide bonds. The number of aryl methyl sites for hydroxylation is 1. The second-order valence-corrected chi connectivity index (χ2v) is 6.82. The van der Waals surface area contributed by atoms with E-state index in [0.29, 0.717) is 28.2 Å². The summed E-state index contributed by atoms with van der Waals surface area (Å²) >= 11 is 0. The number of non-ortho nitro benzene ring substituents is 1. The van der Waals surface area contributed by atoms with Crippen LogP contribution in [0.2, 0.25) is 0 Å². The summed E-state index contributed by atoms with van der Waals surface area (Å²) in [5, 5.41) is 24.4. The van der Waals surface area contributed by atoms with E-state index in [1.807, 2.05) is 19.1 Å². The van der Waals surface area contributed by atoms with Gasteiger partial charge in [0.1, 0.15) is 11.3 Å². The van der Waals surface area contributed by atoms with E-state index in [1.165, 1.54) is 24.3 Å². The molecule has 1 aliphatic carbocycles. The van der Waals surface area contributed by atoms with E-state index in [2.05, 4.69) is 10.3 Å². The van der Waals surface area contributed by atoms with Gasteiger partial charge in [-0.05, 0) is 31.2 Å². The number of carbonyl (C=O) groups is 1. The van der Waals surface area contributed by atoms with Crippen molar-refractivity contribution in [3.05, 3.63) is 105 Å². The van der Waals surface area contributed by atoms with Crippen molar-refractivity contribution in [1.82, 2.24) is 0 Å². The van der Waals surface area contributed by atoms with Crippen molar-refractivity contribution in [2.75, 3.05) is 5.32 Å². The Hall–Kier alpha value is -4.26. The van der Waals surface area contributed by atoms with Gasteiger partial charge in [-0.1, -0.05) is 42.0 Å². The minimum atomic E-state index is -0.492. The normalized spacial score (nSPS) is 14.0. The molecule has 0 saturated carbocycles. The lowest BCUT2D eigenvalue weighted by Crippen LogP contribution is -2.19. The van der Waals surface area contributed by atoms with Crippen LogP contribution in [0.5, 0.6) is 0 Å². The average Bonchev–Trinajstić information content (AvgIpc) is 3.02. The highest BCUT2D eigenvalue weighted by Gasteiger charge is 2.32. The zero-order chi connectivity index (χ0) is 21.3. The first-order valence-electron chi connectivity index (χ1n) is 9.18. The zero-order valence-corrected chi connectivity index (χ0v) is 16.0. The summed E-state index contributed by atoms with van der Waals surface area (Å²) in [7, 11) is 0. The van der Waals surface area contributed by atoms with Crippen molar-refractivity contribution in [3.63, 3.8) is 0 Å². The van der Waals surface area contributed by atoms with E-state index in [1.54, 1.807) is 36.4 Å². The summed E-state index contributed by atoms with van der Waals surface area (Å²) in [6, 6.07) is 20.0. The number of amides is 1. The number of aliphatic hydroxyl groups excluding tert-OH is 1. The molecule has 0 aromatic heterocycles. The molecule has 0 atom stereocenters. The predicted molar refractivity (Wildman–Crippen MR) is 115 cm³/mol. The van der Waals surface area contributed by atoms with Gasteiger partial charge in [0.25, 0.3) is 11.6 Å². The molecule has 0 aliphatic heterocycles. The third kappa shape index (κ3) is 3.56. The molecule has 0 radical (unpaired) electrons. The van der Waals surface area contributed by atoms with Gasteiger partial charge in [-0.15, -0.1) is 0 Å². The largest absolute Gasteiger partial charge is 0.506 e. The molecule has 4 rings (SSSR count). The van der Waals surface area contributed by atoms with Crippen LogP contribution in [0.15, 0.2) is 83.4 Å². The lowest BCUT2D eigenvalue weighted by Gasteiger charge is -2.09. The third-order valence-electron chi connectivity index (χ3n) is 4.75. The molecule has 7 nitrogen and oxygen atoms in total. The Kier molecular flexibility index (Phi) is 4.85. The fourth-order valence-corrected chi connectivity index (χ4v) is 3.22. The van der Waals surface area contributed by atoms with Gasteiger partial charge in [-0.2, -0.15) is 0 Å². The Morgan fingerprint density at radius 3 is 2.23 bits per heavy atom. The number of fused-ring (bicyclic) bond motifs is 1. The molecule has 0 heterocycles. The molecule has 3 aromatic rings. The minimum Gasteiger partial charge on any atom is -0.506 e. The highest BCUT2D eigenvalue weighted by atomic mass is 16.6. The highest BCUT2D eigenvalue weighted by molar-refractivity contribution is 6.38. The number of nitrogens with one attached hydrogen (secondary N) is 1. The van der Waals surface area contributed by atoms with Crippen LogP contribution in [0.3, 0.4) is 0 Å². The van der Waals surface area contributed by atoms with E-state index >= 15 is 0 Å². The number of aliphatic imine (C=N–C) groups is 1. The maximum absolute atomic E-state index is 13.0. The SMILES string of the molecule is Cc1ccc(NC(=O)C2=C(O)c3ccccc3C2=Nc2ccc([N+](=O)[O-])cc2)cc1. The summed E-state index contributed by atoms with van der Waals surface area (Å²) in [6.07, 6.45) is 0. The van der Waals surface area contributed by atoms with Crippen LogP contribution in [0.4, 0.5) is 17.1 Å². The lowest BCUT2D eigenvalue weighted by atomic mass is 10.1. The van der Waals surface area contributed by atoms with Crippen LogP contribution in [-0.2, 0) is 4.79 Å². The van der Waals surface area contributed by atoms with Crippen LogP contribution in [-0.4, -0.2) is 21.6 Å². The minimum absolute atomic E-state index is 0.0510. The number of aliphatic hydroxyl groups is 1. The van der Waals surface area contributed by atoms with Crippen LogP contribution >= 0.6 is 0 Å². The molecule has 30 heavy (non-hydrogen) atoms. The van der Waals surface area contributed by atoms with Gasteiger partial charge in [0, 0.05) is 28.9 Å². The van der Waals surface area contributed by atoms with Gasteiger partial charge < -0.3 is 10.4 Å². The van der Waals surface area contributed by atoms with E-state index in [4.69, 9.17) is 0 Å². The Morgan fingerprint density at radius 1 is 0.967 bits per heavy atom. The van der Waals surface area contributed by atoms with Gasteiger partial charge >= 0.3 is 0 Å². The number of hydrogen-bond donors (Lipinski definition) is 2. The molecule has 1 aliphatic rings. The molecule has 148 valence electrons. The van der Waals surface area contributed by atoms with Crippen molar-refractivity contribution in [2.45, 2.75) is 6.92 Å². The number of benzene rings is 3. The first kappa shape index (κ1) is 19.1. The molecule has 0 spiro atoms. The molecule has 3 aromatic carbocycles. The smallest absolute Gasteiger partial charge is 0.269 e. The van der Waals surface area contributed by atoms with Gasteiger partial charge in [0.15, 0.2) is 0 Å². The third-order valence-corrected chi connectivity index (χ3v) is 4.75. The topological polar surface area (TPSA) is 105 Å². The van der Waals surface area contributed by atoms with Gasteiger partial charge in [0.2, 0.25) is 0 Å². The Balaban J connectivity index is 1.75. The van der Waals surface area contributed by atoms with Crippen LogP contribution in [0.1, 0.15) is 16.7 Å². The monoisotopic (exact) mass is 399 g/mol. The predicted octanol–water partition coefficient (Wildman–Crippen LogP) is 4.95. The van der Waals surface area contributed by atoms with Gasteiger partial charge in [0.05, 0.1) is 16.3 Å². The fraction of sp³-hybridized carbons (Fsp3) is 0.0435. The van der Waals surface area contributed by atoms with Crippen molar-refractivity contribution < 1.29 is 14.8 Å². The lowest BCUT2D eigenvalue weighted by molar-refractivity contribution is -0.384. The van der Waals surface area contributed by atoms with Crippen LogP contribution in [0, 0.1) is 17.0 Å². The highest BCUT2D eigenvalue weighted by Crippen LogP contribution is 2.34. The maximum Gasteiger partial charge on any atom is 0.269 e. The Morgan fingerprint density at radius 2 is 1.60 bits per heavy atom. The summed E-state index contributed by atoms with van der Waals surface area (Å²) in [6.45, 7) is 1.95. The number of rotatable bonds is 4. The van der Waals surface area contributed by atoms with Crippen LogP contribution in [0.25, 0.3) is 5.76 Å². The molecule has 0 fully saturated rings. The summed E-state index contributed by atoms with van der Waals surface area (Å²) in [4.78, 5) is 27.9. The number of anilines is 1. The first-order chi connectivity index (χ1) is 14.4.